The number of hydrogen-bond acceptors (Lipinski definition) is 11. The van der Waals surface area contributed by atoms with Crippen LogP contribution in [0.4, 0.5) is 0 Å². The van der Waals surface area contributed by atoms with Crippen LogP contribution in [0.15, 0.2) is 47.6 Å². The molecule has 322 valence electrons. The van der Waals surface area contributed by atoms with Gasteiger partial charge in [-0.3, -0.25) is 14.4 Å². The number of carbonyl (C=O) groups excluding carboxylic acids is 4. The minimum Gasteiger partial charge on any atom is -0.460 e. The Morgan fingerprint density at radius 2 is 1.61 bits per heavy atom. The molecule has 12 heteroatoms. The van der Waals surface area contributed by atoms with Crippen molar-refractivity contribution in [2.24, 2.45) is 29.6 Å². The molecule has 0 radical (unpaired) electrons. The summed E-state index contributed by atoms with van der Waals surface area (Å²) in [4.78, 5) is 56.6. The number of esters is 1. The lowest BCUT2D eigenvalue weighted by Crippen LogP contribution is -2.61. The molecule has 3 aliphatic heterocycles. The summed E-state index contributed by atoms with van der Waals surface area (Å²) < 4.78 is 23.5. The maximum Gasteiger partial charge on any atom is 0.329 e. The number of ether oxygens (including phenoxy) is 4. The zero-order valence-corrected chi connectivity index (χ0v) is 36.0. The van der Waals surface area contributed by atoms with Gasteiger partial charge in [-0.05, 0) is 75.4 Å². The summed E-state index contributed by atoms with van der Waals surface area (Å²) in [6.45, 7) is 14.9. The molecule has 0 spiro atoms. The second-order valence-corrected chi connectivity index (χ2v) is 16.9. The van der Waals surface area contributed by atoms with Crippen LogP contribution in [0.5, 0.6) is 0 Å². The third kappa shape index (κ3) is 12.7. The first-order valence-electron chi connectivity index (χ1n) is 21.0. The lowest BCUT2D eigenvalue weighted by molar-refractivity contribution is -0.265. The van der Waals surface area contributed by atoms with E-state index >= 15 is 0 Å². The van der Waals surface area contributed by atoms with Gasteiger partial charge >= 0.3 is 5.97 Å². The van der Waals surface area contributed by atoms with E-state index < -0.39 is 83.9 Å². The number of ketones is 2. The molecule has 3 aliphatic rings. The molecule has 3 rings (SSSR count). The van der Waals surface area contributed by atoms with Gasteiger partial charge in [0.05, 0.1) is 18.3 Å². The SMILES string of the molecule is CC[C@@H](C)[C@@H]1C[C@@H](O)[C@H](C)/C=C(\C)[C@@H](O)[C@@H](OC)C(=O)[C@H](C)C[C@H](C)/C=C/C=C/C=C(\C)[C@@H](OC)C[C@@H]2CC[C@@H](C)[C@@](O)(O2)C(=O)C(=O)N2CCCC[C@H]2C(=O)O1. The van der Waals surface area contributed by atoms with Crippen LogP contribution in [-0.2, 0) is 38.1 Å². The van der Waals surface area contributed by atoms with E-state index in [-0.39, 0.29) is 37.0 Å². The number of hydrogen-bond donors (Lipinski definition) is 3. The minimum atomic E-state index is -2.38. The zero-order valence-electron chi connectivity index (χ0n) is 36.0. The fourth-order valence-corrected chi connectivity index (χ4v) is 8.18. The van der Waals surface area contributed by atoms with Crippen LogP contribution >= 0.6 is 0 Å². The number of cyclic esters (lactones) is 1. The number of piperidine rings is 1. The molecule has 0 aromatic carbocycles. The largest absolute Gasteiger partial charge is 0.460 e. The van der Waals surface area contributed by atoms with Gasteiger partial charge in [-0.25, -0.2) is 4.79 Å². The highest BCUT2D eigenvalue weighted by Crippen LogP contribution is 2.37. The average molecular weight is 802 g/mol. The van der Waals surface area contributed by atoms with E-state index in [9.17, 15) is 34.5 Å². The smallest absolute Gasteiger partial charge is 0.329 e. The molecule has 13 atom stereocenters. The van der Waals surface area contributed by atoms with Gasteiger partial charge in [0.25, 0.3) is 11.7 Å². The van der Waals surface area contributed by atoms with Crippen molar-refractivity contribution in [3.63, 3.8) is 0 Å². The molecule has 2 fully saturated rings. The van der Waals surface area contributed by atoms with Crippen molar-refractivity contribution in [2.75, 3.05) is 20.8 Å². The molecule has 3 N–H and O–H groups in total. The molecule has 0 aromatic heterocycles. The van der Waals surface area contributed by atoms with Crippen LogP contribution in [0.2, 0.25) is 0 Å². The Morgan fingerprint density at radius 3 is 2.26 bits per heavy atom. The Kier molecular flexibility index (Phi) is 19.0. The maximum absolute atomic E-state index is 14.0. The number of aliphatic hydroxyl groups excluding tert-OH is 2. The van der Waals surface area contributed by atoms with Crippen LogP contribution < -0.4 is 0 Å². The van der Waals surface area contributed by atoms with E-state index in [0.717, 1.165) is 5.57 Å². The van der Waals surface area contributed by atoms with Gasteiger partial charge in [-0.2, -0.15) is 0 Å². The third-order valence-electron chi connectivity index (χ3n) is 12.4. The van der Waals surface area contributed by atoms with Crippen LogP contribution in [0.3, 0.4) is 0 Å². The number of fused-ring (bicyclic) bond motifs is 3. The summed E-state index contributed by atoms with van der Waals surface area (Å²) in [6.07, 6.45) is 10.4. The van der Waals surface area contributed by atoms with E-state index in [1.54, 1.807) is 34.0 Å². The molecule has 57 heavy (non-hydrogen) atoms. The predicted octanol–water partition coefficient (Wildman–Crippen LogP) is 5.82. The van der Waals surface area contributed by atoms with Gasteiger partial charge in [0.2, 0.25) is 5.79 Å². The van der Waals surface area contributed by atoms with Crippen LogP contribution in [0.25, 0.3) is 0 Å². The van der Waals surface area contributed by atoms with E-state index in [1.165, 1.54) is 12.0 Å². The van der Waals surface area contributed by atoms with Gasteiger partial charge in [-0.1, -0.05) is 84.4 Å². The monoisotopic (exact) mass is 802 g/mol. The van der Waals surface area contributed by atoms with E-state index in [2.05, 4.69) is 0 Å². The fourth-order valence-electron chi connectivity index (χ4n) is 8.18. The molecule has 0 aliphatic carbocycles. The van der Waals surface area contributed by atoms with Crippen LogP contribution in [0, 0.1) is 29.6 Å². The lowest BCUT2D eigenvalue weighted by Gasteiger charge is -2.42. The summed E-state index contributed by atoms with van der Waals surface area (Å²) in [5.41, 5.74) is 1.37. The van der Waals surface area contributed by atoms with Crippen molar-refractivity contribution in [2.45, 2.75) is 162 Å². The summed E-state index contributed by atoms with van der Waals surface area (Å²) in [5, 5.41) is 34.5. The molecule has 2 bridgehead atoms. The first-order chi connectivity index (χ1) is 26.9. The number of carbonyl (C=O) groups is 4. The highest BCUT2D eigenvalue weighted by molar-refractivity contribution is 6.39. The lowest BCUT2D eigenvalue weighted by atomic mass is 9.85. The van der Waals surface area contributed by atoms with Gasteiger partial charge < -0.3 is 39.2 Å². The van der Waals surface area contributed by atoms with Gasteiger partial charge in [0, 0.05) is 51.4 Å². The van der Waals surface area contributed by atoms with Crippen molar-refractivity contribution in [1.82, 2.24) is 4.90 Å². The predicted molar refractivity (Wildman–Crippen MR) is 218 cm³/mol. The Balaban J connectivity index is 2.00. The molecule has 2 saturated heterocycles. The quantitative estimate of drug-likeness (QED) is 0.178. The average Bonchev–Trinajstić information content (AvgIpc) is 3.19. The Labute approximate surface area is 340 Å². The number of Topliss-reactive ketones (excluding diaryl/α,β-unsaturated/α-hetero) is 2. The zero-order chi connectivity index (χ0) is 42.6. The van der Waals surface area contributed by atoms with E-state index in [0.29, 0.717) is 50.5 Å². The summed E-state index contributed by atoms with van der Waals surface area (Å²) in [7, 11) is 2.98. The molecule has 3 heterocycles. The molecule has 0 aromatic rings. The number of aliphatic hydroxyl groups is 3. The highest BCUT2D eigenvalue weighted by Gasteiger charge is 2.53. The second-order valence-electron chi connectivity index (χ2n) is 16.9. The summed E-state index contributed by atoms with van der Waals surface area (Å²) in [5.74, 6) is -7.02. The second kappa shape index (κ2) is 22.4. The normalized spacial score (nSPS) is 40.2. The standard InChI is InChI=1S/C45H71NO11/c1-11-28(3)38-26-36(47)30(5)24-32(7)40(49)41(55-10)39(48)31(6)23-27(2)17-13-12-14-18-29(4)37(54-9)25-34-21-20-33(8)45(53,57-34)42(50)43(51)46-22-16-15-19-35(46)44(52)56-38/h12-14,17-18,24,27-28,30-31,33-38,40-41,47,49,53H,11,15-16,19-23,25-26H2,1-10H3/b14-12+,17-13+,29-18+,32-24+/t27-,28-,30-,31-,33-,34+,35+,36-,37+,38+,40-,41+,45-/m1/s1. The molecular formula is C45H71NO11. The van der Waals surface area contributed by atoms with Crippen molar-refractivity contribution >= 4 is 23.4 Å². The van der Waals surface area contributed by atoms with E-state index in [4.69, 9.17) is 18.9 Å². The molecule has 0 unspecified atom stereocenters. The van der Waals surface area contributed by atoms with Crippen molar-refractivity contribution in [3.8, 4) is 0 Å². The van der Waals surface area contributed by atoms with Crippen LogP contribution in [0.1, 0.15) is 113 Å². The molecular weight excluding hydrogens is 730 g/mol. The minimum absolute atomic E-state index is 0.0513. The maximum atomic E-state index is 14.0. The molecule has 12 nitrogen and oxygen atoms in total. The first-order valence-corrected chi connectivity index (χ1v) is 21.0. The number of amides is 1. The highest BCUT2D eigenvalue weighted by atomic mass is 16.6. The number of allylic oxidation sites excluding steroid dienone is 5. The van der Waals surface area contributed by atoms with Crippen LogP contribution in [-0.4, -0.2) is 113 Å². The van der Waals surface area contributed by atoms with Gasteiger partial charge in [0.1, 0.15) is 24.4 Å². The number of nitrogens with zero attached hydrogens (tertiary/aromatic N) is 1. The Hall–Kier alpha value is -3.00. The number of methoxy groups -OCH3 is 2. The summed E-state index contributed by atoms with van der Waals surface area (Å²) in [6, 6.07) is -1.05. The van der Waals surface area contributed by atoms with Gasteiger partial charge in [-0.15, -0.1) is 0 Å². The van der Waals surface area contributed by atoms with Crippen molar-refractivity contribution in [1.29, 1.82) is 0 Å². The molecule has 0 saturated carbocycles. The topological polar surface area (TPSA) is 169 Å². The van der Waals surface area contributed by atoms with Gasteiger partial charge in [0.15, 0.2) is 5.78 Å². The first kappa shape index (κ1) is 48.4. The Morgan fingerprint density at radius 1 is 0.912 bits per heavy atom. The molecule has 1 amide bonds. The Bertz CT molecular complexity index is 1490. The third-order valence-corrected chi connectivity index (χ3v) is 12.4. The van der Waals surface area contributed by atoms with Crippen molar-refractivity contribution in [3.05, 3.63) is 47.6 Å². The van der Waals surface area contributed by atoms with Crippen molar-refractivity contribution < 1.29 is 53.4 Å². The fraction of sp³-hybridized carbons (Fsp3) is 0.733. The summed E-state index contributed by atoms with van der Waals surface area (Å²) >= 11 is 0. The number of rotatable bonds is 4. The van der Waals surface area contributed by atoms with E-state index in [1.807, 2.05) is 65.0 Å².